The third-order valence-electron chi connectivity index (χ3n) is 3.28. The summed E-state index contributed by atoms with van der Waals surface area (Å²) >= 11 is 0. The van der Waals surface area contributed by atoms with E-state index in [1.54, 1.807) is 7.05 Å². The highest BCUT2D eigenvalue weighted by Crippen LogP contribution is 2.35. The van der Waals surface area contributed by atoms with Gasteiger partial charge in [0.25, 0.3) is 0 Å². The van der Waals surface area contributed by atoms with Gasteiger partial charge in [-0.25, -0.2) is 0 Å². The maximum absolute atomic E-state index is 11.1. The molecule has 0 aliphatic carbocycles. The summed E-state index contributed by atoms with van der Waals surface area (Å²) < 4.78 is 11.2. The molecule has 0 fully saturated rings. The van der Waals surface area contributed by atoms with Crippen LogP contribution < -0.4 is 20.1 Å². The summed E-state index contributed by atoms with van der Waals surface area (Å²) in [5.41, 5.74) is 1.18. The van der Waals surface area contributed by atoms with Crippen LogP contribution >= 0.6 is 0 Å². The lowest BCUT2D eigenvalue weighted by molar-refractivity contribution is -0.121. The average molecular weight is 278 g/mol. The SMILES string of the molecule is CCCNC1COc2cc(OCCC(=O)NC)ccc21. The van der Waals surface area contributed by atoms with Crippen LogP contribution in [0.3, 0.4) is 0 Å². The highest BCUT2D eigenvalue weighted by molar-refractivity contribution is 5.75. The maximum Gasteiger partial charge on any atom is 0.223 e. The molecule has 1 atom stereocenters. The second-order valence-corrected chi connectivity index (χ2v) is 4.79. The molecule has 1 heterocycles. The number of ether oxygens (including phenoxy) is 2. The van der Waals surface area contributed by atoms with Gasteiger partial charge in [-0.2, -0.15) is 0 Å². The topological polar surface area (TPSA) is 59.6 Å². The van der Waals surface area contributed by atoms with Crippen molar-refractivity contribution in [3.8, 4) is 11.5 Å². The number of fused-ring (bicyclic) bond motifs is 1. The normalized spacial score (nSPS) is 16.4. The molecule has 0 bridgehead atoms. The van der Waals surface area contributed by atoms with Crippen molar-refractivity contribution in [2.24, 2.45) is 0 Å². The number of hydrogen-bond acceptors (Lipinski definition) is 4. The van der Waals surface area contributed by atoms with Gasteiger partial charge in [-0.05, 0) is 25.1 Å². The molecule has 110 valence electrons. The number of rotatable bonds is 7. The van der Waals surface area contributed by atoms with Crippen LogP contribution in [0.5, 0.6) is 11.5 Å². The van der Waals surface area contributed by atoms with E-state index >= 15 is 0 Å². The van der Waals surface area contributed by atoms with Crippen LogP contribution in [0.2, 0.25) is 0 Å². The molecule has 1 unspecified atom stereocenters. The molecule has 1 aromatic rings. The molecule has 2 N–H and O–H groups in total. The van der Waals surface area contributed by atoms with Gasteiger partial charge in [-0.3, -0.25) is 4.79 Å². The Kier molecular flexibility index (Phi) is 5.24. The maximum atomic E-state index is 11.1. The van der Waals surface area contributed by atoms with Gasteiger partial charge in [0.1, 0.15) is 18.1 Å². The van der Waals surface area contributed by atoms with Crippen LogP contribution in [0.25, 0.3) is 0 Å². The largest absolute Gasteiger partial charge is 0.493 e. The summed E-state index contributed by atoms with van der Waals surface area (Å²) in [5, 5.41) is 6.02. The highest BCUT2D eigenvalue weighted by atomic mass is 16.5. The van der Waals surface area contributed by atoms with Crippen LogP contribution in [0.1, 0.15) is 31.4 Å². The van der Waals surface area contributed by atoms with Gasteiger partial charge in [0.15, 0.2) is 0 Å². The molecule has 0 aromatic heterocycles. The van der Waals surface area contributed by atoms with Gasteiger partial charge >= 0.3 is 0 Å². The van der Waals surface area contributed by atoms with E-state index in [0.29, 0.717) is 19.6 Å². The van der Waals surface area contributed by atoms with E-state index in [2.05, 4.69) is 17.6 Å². The standard InChI is InChI=1S/C15H22N2O3/c1-3-7-17-13-10-20-14-9-11(4-5-12(13)14)19-8-6-15(18)16-2/h4-5,9,13,17H,3,6-8,10H2,1-2H3,(H,16,18). The fourth-order valence-corrected chi connectivity index (χ4v) is 2.15. The van der Waals surface area contributed by atoms with E-state index < -0.39 is 0 Å². The lowest BCUT2D eigenvalue weighted by Crippen LogP contribution is -2.22. The fourth-order valence-electron chi connectivity index (χ4n) is 2.15. The summed E-state index contributed by atoms with van der Waals surface area (Å²) in [6, 6.07) is 6.13. The molecule has 1 aliphatic heterocycles. The molecule has 1 aliphatic rings. The first-order chi connectivity index (χ1) is 9.74. The zero-order chi connectivity index (χ0) is 14.4. The number of carbonyl (C=O) groups is 1. The number of hydrogen-bond donors (Lipinski definition) is 2. The zero-order valence-electron chi connectivity index (χ0n) is 12.1. The minimum absolute atomic E-state index is 0.0220. The van der Waals surface area contributed by atoms with Crippen LogP contribution in [0.4, 0.5) is 0 Å². The molecule has 5 heteroatoms. The third kappa shape index (κ3) is 3.63. The van der Waals surface area contributed by atoms with Crippen molar-refractivity contribution in [3.05, 3.63) is 23.8 Å². The number of benzene rings is 1. The van der Waals surface area contributed by atoms with Crippen LogP contribution in [-0.4, -0.2) is 32.7 Å². The van der Waals surface area contributed by atoms with E-state index in [1.165, 1.54) is 5.56 Å². The van der Waals surface area contributed by atoms with Crippen molar-refractivity contribution in [2.45, 2.75) is 25.8 Å². The van der Waals surface area contributed by atoms with Crippen molar-refractivity contribution in [1.82, 2.24) is 10.6 Å². The first-order valence-electron chi connectivity index (χ1n) is 7.08. The molecule has 0 spiro atoms. The summed E-state index contributed by atoms with van der Waals surface area (Å²) in [5.74, 6) is 1.59. The summed E-state index contributed by atoms with van der Waals surface area (Å²) in [6.45, 7) is 4.16. The van der Waals surface area contributed by atoms with Crippen molar-refractivity contribution in [2.75, 3.05) is 26.8 Å². The molecule has 5 nitrogen and oxygen atoms in total. The number of carbonyl (C=O) groups excluding carboxylic acids is 1. The van der Waals surface area contributed by atoms with Crippen molar-refractivity contribution >= 4 is 5.91 Å². The predicted molar refractivity (Wildman–Crippen MR) is 77.2 cm³/mol. The van der Waals surface area contributed by atoms with E-state index in [4.69, 9.17) is 9.47 Å². The second-order valence-electron chi connectivity index (χ2n) is 4.79. The van der Waals surface area contributed by atoms with E-state index in [1.807, 2.05) is 18.2 Å². The first kappa shape index (κ1) is 14.7. The Morgan fingerprint density at radius 2 is 2.35 bits per heavy atom. The van der Waals surface area contributed by atoms with Crippen molar-refractivity contribution in [1.29, 1.82) is 0 Å². The monoisotopic (exact) mass is 278 g/mol. The van der Waals surface area contributed by atoms with Gasteiger partial charge in [0.05, 0.1) is 19.1 Å². The van der Waals surface area contributed by atoms with Crippen molar-refractivity contribution < 1.29 is 14.3 Å². The Labute approximate surface area is 119 Å². The van der Waals surface area contributed by atoms with Gasteiger partial charge in [-0.1, -0.05) is 6.92 Å². The lowest BCUT2D eigenvalue weighted by Gasteiger charge is -2.11. The van der Waals surface area contributed by atoms with Crippen molar-refractivity contribution in [3.63, 3.8) is 0 Å². The molecule has 1 amide bonds. The Morgan fingerprint density at radius 3 is 3.10 bits per heavy atom. The zero-order valence-corrected chi connectivity index (χ0v) is 12.1. The first-order valence-corrected chi connectivity index (χ1v) is 7.08. The molecule has 0 radical (unpaired) electrons. The Bertz CT molecular complexity index is 462. The van der Waals surface area contributed by atoms with Gasteiger partial charge in [0.2, 0.25) is 5.91 Å². The smallest absolute Gasteiger partial charge is 0.223 e. The van der Waals surface area contributed by atoms with Crippen LogP contribution in [0.15, 0.2) is 18.2 Å². The fraction of sp³-hybridized carbons (Fsp3) is 0.533. The highest BCUT2D eigenvalue weighted by Gasteiger charge is 2.23. The summed E-state index contributed by atoms with van der Waals surface area (Å²) in [6.07, 6.45) is 1.46. The molecule has 0 saturated heterocycles. The third-order valence-corrected chi connectivity index (χ3v) is 3.28. The van der Waals surface area contributed by atoms with Gasteiger partial charge in [0, 0.05) is 18.7 Å². The lowest BCUT2D eigenvalue weighted by atomic mass is 10.1. The predicted octanol–water partition coefficient (Wildman–Crippen LogP) is 1.63. The number of nitrogens with one attached hydrogen (secondary N) is 2. The second kappa shape index (κ2) is 7.14. The minimum atomic E-state index is -0.0220. The quantitative estimate of drug-likeness (QED) is 0.796. The Balaban J connectivity index is 1.90. The molecular formula is C15H22N2O3. The molecular weight excluding hydrogens is 256 g/mol. The molecule has 2 rings (SSSR count). The molecule has 20 heavy (non-hydrogen) atoms. The minimum Gasteiger partial charge on any atom is -0.493 e. The van der Waals surface area contributed by atoms with E-state index in [-0.39, 0.29) is 11.9 Å². The summed E-state index contributed by atoms with van der Waals surface area (Å²) in [4.78, 5) is 11.1. The average Bonchev–Trinajstić information content (AvgIpc) is 2.87. The summed E-state index contributed by atoms with van der Waals surface area (Å²) in [7, 11) is 1.62. The van der Waals surface area contributed by atoms with E-state index in [9.17, 15) is 4.79 Å². The van der Waals surface area contributed by atoms with Crippen LogP contribution in [0, 0.1) is 0 Å². The van der Waals surface area contributed by atoms with Gasteiger partial charge in [-0.15, -0.1) is 0 Å². The molecule has 0 saturated carbocycles. The number of amides is 1. The van der Waals surface area contributed by atoms with E-state index in [0.717, 1.165) is 24.5 Å². The van der Waals surface area contributed by atoms with Crippen LogP contribution in [-0.2, 0) is 4.79 Å². The molecule has 1 aromatic carbocycles. The Morgan fingerprint density at radius 1 is 1.50 bits per heavy atom. The van der Waals surface area contributed by atoms with Gasteiger partial charge < -0.3 is 20.1 Å². The Hall–Kier alpha value is -1.75.